The summed E-state index contributed by atoms with van der Waals surface area (Å²) in [6, 6.07) is 5.37. The van der Waals surface area contributed by atoms with Crippen molar-refractivity contribution in [1.29, 1.82) is 0 Å². The summed E-state index contributed by atoms with van der Waals surface area (Å²) in [7, 11) is 1.55. The third kappa shape index (κ3) is 5.27. The molecular formula is C18H27N3O2. The molecule has 0 amide bonds. The number of ether oxygens (including phenoxy) is 1. The van der Waals surface area contributed by atoms with Crippen molar-refractivity contribution in [3.8, 4) is 11.5 Å². The Labute approximate surface area is 138 Å². The average Bonchev–Trinajstić information content (AvgIpc) is 2.99. The van der Waals surface area contributed by atoms with E-state index < -0.39 is 0 Å². The normalized spacial score (nSPS) is 10.9. The Morgan fingerprint density at radius 1 is 1.13 bits per heavy atom. The van der Waals surface area contributed by atoms with E-state index in [9.17, 15) is 5.11 Å². The van der Waals surface area contributed by atoms with E-state index in [2.05, 4.69) is 17.2 Å². The lowest BCUT2D eigenvalue weighted by Gasteiger charge is -2.09. The van der Waals surface area contributed by atoms with Crippen molar-refractivity contribution in [1.82, 2.24) is 15.0 Å². The number of aromatic hydroxyl groups is 1. The Hall–Kier alpha value is -2.04. The maximum Gasteiger partial charge on any atom is 0.160 e. The quantitative estimate of drug-likeness (QED) is 0.674. The van der Waals surface area contributed by atoms with Crippen LogP contribution in [-0.4, -0.2) is 27.2 Å². The molecule has 0 aliphatic heterocycles. The predicted octanol–water partition coefficient (Wildman–Crippen LogP) is 3.94. The summed E-state index contributed by atoms with van der Waals surface area (Å²) in [5, 5.41) is 17.9. The fourth-order valence-electron chi connectivity index (χ4n) is 2.69. The summed E-state index contributed by atoms with van der Waals surface area (Å²) in [4.78, 5) is 0. The minimum absolute atomic E-state index is 0.155. The van der Waals surface area contributed by atoms with Crippen LogP contribution in [0.4, 0.5) is 0 Å². The van der Waals surface area contributed by atoms with Crippen molar-refractivity contribution >= 4 is 0 Å². The SMILES string of the molecule is CCCCCCCCc1cnnn1Cc1ccc(O)c(OC)c1. The summed E-state index contributed by atoms with van der Waals surface area (Å²) < 4.78 is 7.08. The van der Waals surface area contributed by atoms with Crippen LogP contribution in [0.3, 0.4) is 0 Å². The van der Waals surface area contributed by atoms with Crippen LogP contribution in [0.2, 0.25) is 0 Å². The second-order valence-electron chi connectivity index (χ2n) is 5.91. The van der Waals surface area contributed by atoms with Crippen LogP contribution in [0.25, 0.3) is 0 Å². The molecule has 1 heterocycles. The minimum Gasteiger partial charge on any atom is -0.504 e. The van der Waals surface area contributed by atoms with E-state index in [0.717, 1.165) is 17.7 Å². The van der Waals surface area contributed by atoms with Crippen LogP contribution in [-0.2, 0) is 13.0 Å². The van der Waals surface area contributed by atoms with E-state index in [1.807, 2.05) is 23.0 Å². The molecule has 0 saturated carbocycles. The second kappa shape index (κ2) is 9.18. The van der Waals surface area contributed by atoms with Crippen LogP contribution < -0.4 is 4.74 Å². The highest BCUT2D eigenvalue weighted by atomic mass is 16.5. The number of phenolic OH excluding ortho intramolecular Hbond substituents is 1. The van der Waals surface area contributed by atoms with E-state index in [1.165, 1.54) is 38.5 Å². The van der Waals surface area contributed by atoms with Gasteiger partial charge in [0.1, 0.15) is 0 Å². The second-order valence-corrected chi connectivity index (χ2v) is 5.91. The van der Waals surface area contributed by atoms with E-state index >= 15 is 0 Å². The van der Waals surface area contributed by atoms with Gasteiger partial charge in [0, 0.05) is 0 Å². The molecule has 126 valence electrons. The zero-order valence-electron chi connectivity index (χ0n) is 14.2. The first-order valence-corrected chi connectivity index (χ1v) is 8.47. The van der Waals surface area contributed by atoms with E-state index in [1.54, 1.807) is 13.2 Å². The third-order valence-electron chi connectivity index (χ3n) is 4.06. The van der Waals surface area contributed by atoms with Gasteiger partial charge < -0.3 is 9.84 Å². The van der Waals surface area contributed by atoms with Crippen LogP contribution in [0.15, 0.2) is 24.4 Å². The molecule has 0 aliphatic carbocycles. The lowest BCUT2D eigenvalue weighted by molar-refractivity contribution is 0.372. The Balaban J connectivity index is 1.88. The van der Waals surface area contributed by atoms with Crippen LogP contribution in [0.5, 0.6) is 11.5 Å². The molecule has 1 N–H and O–H groups in total. The van der Waals surface area contributed by atoms with Gasteiger partial charge >= 0.3 is 0 Å². The first kappa shape index (κ1) is 17.3. The number of phenols is 1. The van der Waals surface area contributed by atoms with Crippen molar-refractivity contribution in [3.63, 3.8) is 0 Å². The van der Waals surface area contributed by atoms with E-state index in [4.69, 9.17) is 4.74 Å². The molecule has 5 nitrogen and oxygen atoms in total. The molecule has 0 radical (unpaired) electrons. The van der Waals surface area contributed by atoms with Crippen molar-refractivity contribution < 1.29 is 9.84 Å². The molecule has 0 aliphatic rings. The van der Waals surface area contributed by atoms with Gasteiger partial charge in [0.25, 0.3) is 0 Å². The number of aryl methyl sites for hydroxylation is 1. The summed E-state index contributed by atoms with van der Waals surface area (Å²) >= 11 is 0. The fraction of sp³-hybridized carbons (Fsp3) is 0.556. The van der Waals surface area contributed by atoms with Crippen molar-refractivity contribution in [2.45, 2.75) is 58.4 Å². The monoisotopic (exact) mass is 317 g/mol. The lowest BCUT2D eigenvalue weighted by Crippen LogP contribution is -2.07. The van der Waals surface area contributed by atoms with Crippen LogP contribution in [0, 0.1) is 0 Å². The van der Waals surface area contributed by atoms with Gasteiger partial charge in [-0.15, -0.1) is 5.10 Å². The summed E-state index contributed by atoms with van der Waals surface area (Å²) in [5.41, 5.74) is 2.20. The molecule has 2 rings (SSSR count). The maximum absolute atomic E-state index is 9.66. The smallest absolute Gasteiger partial charge is 0.160 e. The lowest BCUT2D eigenvalue weighted by atomic mass is 10.1. The fourth-order valence-corrected chi connectivity index (χ4v) is 2.69. The topological polar surface area (TPSA) is 60.2 Å². The van der Waals surface area contributed by atoms with Gasteiger partial charge in [0.15, 0.2) is 11.5 Å². The van der Waals surface area contributed by atoms with Crippen molar-refractivity contribution in [2.24, 2.45) is 0 Å². The zero-order valence-corrected chi connectivity index (χ0v) is 14.2. The molecule has 0 unspecified atom stereocenters. The minimum atomic E-state index is 0.155. The number of hydrogen-bond donors (Lipinski definition) is 1. The number of rotatable bonds is 10. The van der Waals surface area contributed by atoms with Gasteiger partial charge in [-0.25, -0.2) is 4.68 Å². The van der Waals surface area contributed by atoms with E-state index in [-0.39, 0.29) is 5.75 Å². The largest absolute Gasteiger partial charge is 0.504 e. The molecule has 0 atom stereocenters. The molecule has 5 heteroatoms. The van der Waals surface area contributed by atoms with E-state index in [0.29, 0.717) is 12.3 Å². The van der Waals surface area contributed by atoms with Gasteiger partial charge in [0.2, 0.25) is 0 Å². The Kier molecular flexibility index (Phi) is 6.91. The molecule has 23 heavy (non-hydrogen) atoms. The first-order chi connectivity index (χ1) is 11.2. The summed E-state index contributed by atoms with van der Waals surface area (Å²) in [6.45, 7) is 2.88. The molecule has 1 aromatic heterocycles. The predicted molar refractivity (Wildman–Crippen MR) is 90.9 cm³/mol. The number of aromatic nitrogens is 3. The summed E-state index contributed by atoms with van der Waals surface area (Å²) in [6.07, 6.45) is 10.6. The number of methoxy groups -OCH3 is 1. The van der Waals surface area contributed by atoms with Crippen LogP contribution >= 0.6 is 0 Å². The summed E-state index contributed by atoms with van der Waals surface area (Å²) in [5.74, 6) is 0.641. The molecule has 0 bridgehead atoms. The molecule has 2 aromatic rings. The van der Waals surface area contributed by atoms with Gasteiger partial charge in [-0.05, 0) is 30.5 Å². The number of nitrogens with zero attached hydrogens (tertiary/aromatic N) is 3. The number of benzene rings is 1. The third-order valence-corrected chi connectivity index (χ3v) is 4.06. The molecule has 0 saturated heterocycles. The Morgan fingerprint density at radius 2 is 1.91 bits per heavy atom. The first-order valence-electron chi connectivity index (χ1n) is 8.47. The standard InChI is InChI=1S/C18H27N3O2/c1-3-4-5-6-7-8-9-16-13-19-20-21(16)14-15-10-11-17(22)18(12-15)23-2/h10-13,22H,3-9,14H2,1-2H3. The zero-order chi connectivity index (χ0) is 16.5. The van der Waals surface area contributed by atoms with Gasteiger partial charge in [-0.3, -0.25) is 0 Å². The molecular weight excluding hydrogens is 290 g/mol. The Bertz CT molecular complexity index is 596. The maximum atomic E-state index is 9.66. The molecule has 0 fully saturated rings. The van der Waals surface area contributed by atoms with Crippen LogP contribution in [0.1, 0.15) is 56.7 Å². The highest BCUT2D eigenvalue weighted by molar-refractivity contribution is 5.41. The van der Waals surface area contributed by atoms with Gasteiger partial charge in [-0.2, -0.15) is 0 Å². The average molecular weight is 317 g/mol. The van der Waals surface area contributed by atoms with Crippen molar-refractivity contribution in [2.75, 3.05) is 7.11 Å². The molecule has 1 aromatic carbocycles. The molecule has 0 spiro atoms. The number of unbranched alkanes of at least 4 members (excludes halogenated alkanes) is 5. The highest BCUT2D eigenvalue weighted by Crippen LogP contribution is 2.26. The van der Waals surface area contributed by atoms with Gasteiger partial charge in [-0.1, -0.05) is 50.3 Å². The van der Waals surface area contributed by atoms with Gasteiger partial charge in [0.05, 0.1) is 25.5 Å². The Morgan fingerprint density at radius 3 is 2.70 bits per heavy atom. The highest BCUT2D eigenvalue weighted by Gasteiger charge is 2.07. The van der Waals surface area contributed by atoms with Crippen molar-refractivity contribution in [3.05, 3.63) is 35.7 Å². The number of hydrogen-bond acceptors (Lipinski definition) is 4.